The van der Waals surface area contributed by atoms with Gasteiger partial charge in [0.1, 0.15) is 27.9 Å². The Morgan fingerprint density at radius 2 is 1.38 bits per heavy atom. The average Bonchev–Trinajstić information content (AvgIpc) is 2.68. The highest BCUT2D eigenvalue weighted by Gasteiger charge is 2.24. The van der Waals surface area contributed by atoms with Crippen LogP contribution in [0.15, 0.2) is 54.6 Å². The molecule has 0 fully saturated rings. The third-order valence-corrected chi connectivity index (χ3v) is 4.45. The van der Waals surface area contributed by atoms with Gasteiger partial charge >= 0.3 is 0 Å². The van der Waals surface area contributed by atoms with Crippen molar-refractivity contribution in [3.8, 4) is 40.5 Å². The lowest BCUT2D eigenvalue weighted by Crippen LogP contribution is -1.95. The minimum atomic E-state index is -0.491. The van der Waals surface area contributed by atoms with Gasteiger partial charge in [0, 0.05) is 5.56 Å². The number of nitrogens with zero attached hydrogens (tertiary/aromatic N) is 2. The minimum Gasteiger partial charge on any atom is -0.503 e. The number of rotatable bonds is 3. The lowest BCUT2D eigenvalue weighted by molar-refractivity contribution is 0.412. The van der Waals surface area contributed by atoms with E-state index in [2.05, 4.69) is 0 Å². The molecule has 0 spiro atoms. The Balaban J connectivity index is 2.17. The molecule has 0 saturated carbocycles. The highest BCUT2D eigenvalue weighted by Crippen LogP contribution is 2.47. The molecule has 3 aromatic carbocycles. The average molecular weight is 381 g/mol. The molecule has 26 heavy (non-hydrogen) atoms. The van der Waals surface area contributed by atoms with Crippen molar-refractivity contribution in [2.45, 2.75) is 0 Å². The van der Waals surface area contributed by atoms with Gasteiger partial charge in [-0.15, -0.1) is 0 Å². The van der Waals surface area contributed by atoms with E-state index >= 15 is 0 Å². The summed E-state index contributed by atoms with van der Waals surface area (Å²) in [6.07, 6.45) is 0. The molecule has 0 aliphatic heterocycles. The van der Waals surface area contributed by atoms with Crippen LogP contribution in [0.1, 0.15) is 11.1 Å². The first-order valence-electron chi connectivity index (χ1n) is 7.45. The second-order valence-electron chi connectivity index (χ2n) is 5.24. The lowest BCUT2D eigenvalue weighted by Gasteiger charge is -2.15. The number of benzene rings is 3. The van der Waals surface area contributed by atoms with Crippen molar-refractivity contribution in [1.29, 1.82) is 10.5 Å². The summed E-state index contributed by atoms with van der Waals surface area (Å²) < 4.78 is 5.82. The van der Waals surface area contributed by atoms with E-state index in [1.165, 1.54) is 0 Å². The van der Waals surface area contributed by atoms with E-state index in [0.717, 1.165) is 11.1 Å². The first-order chi connectivity index (χ1) is 12.6. The van der Waals surface area contributed by atoms with Gasteiger partial charge in [-0.3, -0.25) is 0 Å². The monoisotopic (exact) mass is 380 g/mol. The highest BCUT2D eigenvalue weighted by atomic mass is 35.5. The summed E-state index contributed by atoms with van der Waals surface area (Å²) in [7, 11) is 0. The highest BCUT2D eigenvalue weighted by molar-refractivity contribution is 6.37. The molecule has 0 heterocycles. The summed E-state index contributed by atoms with van der Waals surface area (Å²) in [4.78, 5) is 0. The first-order valence-corrected chi connectivity index (χ1v) is 8.20. The maximum atomic E-state index is 10.3. The van der Waals surface area contributed by atoms with Crippen molar-refractivity contribution < 1.29 is 9.84 Å². The van der Waals surface area contributed by atoms with Crippen LogP contribution in [-0.2, 0) is 0 Å². The smallest absolute Gasteiger partial charge is 0.190 e. The van der Waals surface area contributed by atoms with Gasteiger partial charge < -0.3 is 9.84 Å². The van der Waals surface area contributed by atoms with Crippen LogP contribution in [0, 0.1) is 22.7 Å². The van der Waals surface area contributed by atoms with Crippen LogP contribution in [0.2, 0.25) is 10.0 Å². The van der Waals surface area contributed by atoms with Gasteiger partial charge in [-0.25, -0.2) is 0 Å². The predicted octanol–water partition coefficient (Wildman–Crippen LogP) is 5.90. The van der Waals surface area contributed by atoms with Crippen LogP contribution in [0.25, 0.3) is 11.1 Å². The van der Waals surface area contributed by atoms with Crippen molar-refractivity contribution in [2.75, 3.05) is 0 Å². The molecule has 3 aromatic rings. The number of hydrogen-bond donors (Lipinski definition) is 1. The second-order valence-corrected chi connectivity index (χ2v) is 6.00. The van der Waals surface area contributed by atoms with E-state index in [-0.39, 0.29) is 26.9 Å². The van der Waals surface area contributed by atoms with E-state index in [0.29, 0.717) is 5.75 Å². The van der Waals surface area contributed by atoms with E-state index in [1.807, 2.05) is 48.5 Å². The third kappa shape index (κ3) is 3.05. The molecule has 0 aliphatic rings. The number of para-hydroxylation sites is 1. The number of phenols is 1. The Morgan fingerprint density at radius 1 is 0.808 bits per heavy atom. The molecule has 0 bridgehead atoms. The number of ether oxygens (including phenoxy) is 1. The molecule has 0 unspecified atom stereocenters. The summed E-state index contributed by atoms with van der Waals surface area (Å²) in [6, 6.07) is 20.3. The fourth-order valence-electron chi connectivity index (χ4n) is 2.48. The molecule has 126 valence electrons. The summed E-state index contributed by atoms with van der Waals surface area (Å²) in [5, 5.41) is 28.3. The molecule has 0 atom stereocenters. The van der Waals surface area contributed by atoms with Crippen LogP contribution in [-0.4, -0.2) is 5.11 Å². The Bertz CT molecular complexity index is 1070. The van der Waals surface area contributed by atoms with Crippen molar-refractivity contribution in [3.63, 3.8) is 0 Å². The zero-order chi connectivity index (χ0) is 18.7. The fraction of sp³-hybridized carbons (Fsp3) is 0. The zero-order valence-electron chi connectivity index (χ0n) is 13.2. The zero-order valence-corrected chi connectivity index (χ0v) is 14.7. The Morgan fingerprint density at radius 3 is 2.04 bits per heavy atom. The summed E-state index contributed by atoms with van der Waals surface area (Å²) in [5.41, 5.74) is 1.33. The summed E-state index contributed by atoms with van der Waals surface area (Å²) >= 11 is 12.2. The fourth-order valence-corrected chi connectivity index (χ4v) is 2.97. The van der Waals surface area contributed by atoms with Gasteiger partial charge in [0.15, 0.2) is 11.5 Å². The number of phenolic OH excluding ortho intramolecular Hbond substituents is 1. The van der Waals surface area contributed by atoms with Gasteiger partial charge in [-0.2, -0.15) is 10.5 Å². The van der Waals surface area contributed by atoms with Gasteiger partial charge in [0.2, 0.25) is 0 Å². The molecule has 1 N–H and O–H groups in total. The summed E-state index contributed by atoms with van der Waals surface area (Å²) in [5.74, 6) is -0.244. The van der Waals surface area contributed by atoms with E-state index < -0.39 is 5.75 Å². The van der Waals surface area contributed by atoms with Gasteiger partial charge in [-0.1, -0.05) is 71.7 Å². The van der Waals surface area contributed by atoms with Gasteiger partial charge in [-0.05, 0) is 11.6 Å². The lowest BCUT2D eigenvalue weighted by atomic mass is 10.0. The normalized spacial score (nSPS) is 10.0. The van der Waals surface area contributed by atoms with Gasteiger partial charge in [0.05, 0.1) is 11.1 Å². The number of hydrogen-bond acceptors (Lipinski definition) is 4. The minimum absolute atomic E-state index is 0.149. The molecular formula is C20H10Cl2N2O2. The van der Waals surface area contributed by atoms with Crippen LogP contribution in [0.4, 0.5) is 0 Å². The third-order valence-electron chi connectivity index (χ3n) is 3.72. The largest absolute Gasteiger partial charge is 0.503 e. The molecule has 0 saturated heterocycles. The Hall–Kier alpha value is -3.18. The van der Waals surface area contributed by atoms with Crippen molar-refractivity contribution in [1.82, 2.24) is 0 Å². The Labute approximate surface area is 160 Å². The van der Waals surface area contributed by atoms with Gasteiger partial charge in [0.25, 0.3) is 0 Å². The maximum Gasteiger partial charge on any atom is 0.190 e. The second kappa shape index (κ2) is 7.37. The van der Waals surface area contributed by atoms with Crippen molar-refractivity contribution in [2.24, 2.45) is 0 Å². The SMILES string of the molecule is N#Cc1c(Cl)c(O)c(Oc2ccccc2-c2ccccc2)c(Cl)c1C#N. The molecule has 0 amide bonds. The van der Waals surface area contributed by atoms with Crippen LogP contribution < -0.4 is 4.74 Å². The molecular weight excluding hydrogens is 371 g/mol. The van der Waals surface area contributed by atoms with E-state index in [4.69, 9.17) is 33.2 Å². The molecule has 0 radical (unpaired) electrons. The molecule has 0 aliphatic carbocycles. The van der Waals surface area contributed by atoms with E-state index in [9.17, 15) is 10.4 Å². The topological polar surface area (TPSA) is 77.0 Å². The van der Waals surface area contributed by atoms with Crippen molar-refractivity contribution in [3.05, 3.63) is 75.8 Å². The Kier molecular flexibility index (Phi) is 5.00. The number of halogens is 2. The number of aromatic hydroxyl groups is 1. The predicted molar refractivity (Wildman–Crippen MR) is 99.5 cm³/mol. The molecule has 3 rings (SSSR count). The molecule has 4 nitrogen and oxygen atoms in total. The first kappa shape index (κ1) is 17.6. The summed E-state index contributed by atoms with van der Waals surface area (Å²) in [6.45, 7) is 0. The quantitative estimate of drug-likeness (QED) is 0.613. The van der Waals surface area contributed by atoms with Crippen molar-refractivity contribution >= 4 is 23.2 Å². The van der Waals surface area contributed by atoms with E-state index in [1.54, 1.807) is 18.2 Å². The maximum absolute atomic E-state index is 10.3. The van der Waals surface area contributed by atoms with Crippen LogP contribution >= 0.6 is 23.2 Å². The number of nitriles is 2. The molecule has 6 heteroatoms. The molecule has 0 aromatic heterocycles. The van der Waals surface area contributed by atoms with Crippen LogP contribution in [0.3, 0.4) is 0 Å². The standard InChI is InChI=1S/C20H10Cl2N2O2/c21-17-14(10-23)15(11-24)18(22)20(19(17)25)26-16-9-5-4-8-13(16)12-6-2-1-3-7-12/h1-9,25H. The van der Waals surface area contributed by atoms with Crippen LogP contribution in [0.5, 0.6) is 17.2 Å².